The Balaban J connectivity index is 0.00000385. The van der Waals surface area contributed by atoms with Crippen molar-refractivity contribution in [2.75, 3.05) is 26.9 Å². The first kappa shape index (κ1) is 28.3. The van der Waals surface area contributed by atoms with Gasteiger partial charge in [0.1, 0.15) is 5.69 Å². The zero-order valence-electron chi connectivity index (χ0n) is 20.7. The molecule has 1 aliphatic rings. The standard InChI is InChI=1S/C27H40NO3S.HI/c1-6-8-17-27(18-9-7-2)20-32(30,31)24-16-15-22(28(3,4)5)19-23(24)25(26(27)29)21-13-11-10-12-14-21;/h10-16,19,25-26,29H,6-9,17-18,20H2,1-5H3;1H/q+1;/p-1/t25-,26-;/m1./s1. The quantitative estimate of drug-likeness (QED) is 0.383. The molecule has 2 atom stereocenters. The van der Waals surface area contributed by atoms with Crippen LogP contribution in [0.5, 0.6) is 0 Å². The summed E-state index contributed by atoms with van der Waals surface area (Å²) < 4.78 is 28.2. The highest BCUT2D eigenvalue weighted by Crippen LogP contribution is 2.50. The van der Waals surface area contributed by atoms with E-state index in [9.17, 15) is 13.5 Å². The van der Waals surface area contributed by atoms with Gasteiger partial charge in [-0.3, -0.25) is 4.48 Å². The number of quaternary nitrogens is 1. The second kappa shape index (κ2) is 11.2. The summed E-state index contributed by atoms with van der Waals surface area (Å²) in [5.74, 6) is -0.356. The Hall–Kier alpha value is -0.960. The number of aliphatic hydroxyl groups excluding tert-OH is 1. The highest BCUT2D eigenvalue weighted by molar-refractivity contribution is 7.91. The lowest BCUT2D eigenvalue weighted by Crippen LogP contribution is -3.00. The van der Waals surface area contributed by atoms with E-state index in [1.165, 1.54) is 0 Å². The highest BCUT2D eigenvalue weighted by atomic mass is 127. The van der Waals surface area contributed by atoms with Crippen LogP contribution in [0.3, 0.4) is 0 Å². The van der Waals surface area contributed by atoms with Gasteiger partial charge in [-0.2, -0.15) is 0 Å². The van der Waals surface area contributed by atoms with E-state index in [0.717, 1.165) is 55.3 Å². The number of hydrogen-bond donors (Lipinski definition) is 1. The minimum Gasteiger partial charge on any atom is -1.00 e. The van der Waals surface area contributed by atoms with E-state index < -0.39 is 21.4 Å². The molecule has 0 unspecified atom stereocenters. The Labute approximate surface area is 217 Å². The Bertz CT molecular complexity index is 1010. The molecule has 0 bridgehead atoms. The van der Waals surface area contributed by atoms with Crippen LogP contribution in [0, 0.1) is 5.41 Å². The normalized spacial score (nSPS) is 21.5. The van der Waals surface area contributed by atoms with Crippen molar-refractivity contribution in [3.05, 3.63) is 59.7 Å². The van der Waals surface area contributed by atoms with Crippen molar-refractivity contribution in [3.63, 3.8) is 0 Å². The van der Waals surface area contributed by atoms with E-state index in [2.05, 4.69) is 35.0 Å². The first-order valence-electron chi connectivity index (χ1n) is 12.0. The van der Waals surface area contributed by atoms with Gasteiger partial charge < -0.3 is 29.1 Å². The van der Waals surface area contributed by atoms with Gasteiger partial charge in [-0.25, -0.2) is 8.42 Å². The average molecular weight is 586 g/mol. The molecule has 1 N–H and O–H groups in total. The first-order chi connectivity index (χ1) is 15.1. The lowest BCUT2D eigenvalue weighted by Gasteiger charge is -2.40. The number of rotatable bonds is 8. The Kier molecular flexibility index (Phi) is 9.59. The van der Waals surface area contributed by atoms with Gasteiger partial charge in [-0.15, -0.1) is 0 Å². The molecule has 0 saturated heterocycles. The van der Waals surface area contributed by atoms with Crippen LogP contribution in [0.2, 0.25) is 0 Å². The zero-order chi connectivity index (χ0) is 23.6. The summed E-state index contributed by atoms with van der Waals surface area (Å²) in [7, 11) is 2.68. The van der Waals surface area contributed by atoms with Crippen LogP contribution >= 0.6 is 0 Å². The summed E-state index contributed by atoms with van der Waals surface area (Å²) in [5, 5.41) is 12.1. The number of nitrogens with zero attached hydrogens (tertiary/aromatic N) is 1. The molecule has 6 heteroatoms. The molecule has 0 spiro atoms. The van der Waals surface area contributed by atoms with E-state index in [4.69, 9.17) is 0 Å². The predicted molar refractivity (Wildman–Crippen MR) is 134 cm³/mol. The van der Waals surface area contributed by atoms with Crippen LogP contribution in [-0.2, 0) is 9.84 Å². The number of fused-ring (bicyclic) bond motifs is 1. The average Bonchev–Trinajstić information content (AvgIpc) is 2.82. The van der Waals surface area contributed by atoms with Gasteiger partial charge in [0, 0.05) is 23.5 Å². The topological polar surface area (TPSA) is 54.4 Å². The van der Waals surface area contributed by atoms with Gasteiger partial charge in [-0.05, 0) is 30.0 Å². The number of benzene rings is 2. The smallest absolute Gasteiger partial charge is 0.179 e. The first-order valence-corrected chi connectivity index (χ1v) is 13.6. The third-order valence-electron chi connectivity index (χ3n) is 7.07. The van der Waals surface area contributed by atoms with Gasteiger partial charge in [-0.1, -0.05) is 69.9 Å². The van der Waals surface area contributed by atoms with Crippen LogP contribution < -0.4 is 28.5 Å². The van der Waals surface area contributed by atoms with Crippen molar-refractivity contribution < 1.29 is 37.5 Å². The Morgan fingerprint density at radius 2 is 1.55 bits per heavy atom. The van der Waals surface area contributed by atoms with Gasteiger partial charge >= 0.3 is 0 Å². The molecule has 4 nitrogen and oxygen atoms in total. The Morgan fingerprint density at radius 1 is 0.970 bits per heavy atom. The van der Waals surface area contributed by atoms with E-state index in [0.29, 0.717) is 9.38 Å². The highest BCUT2D eigenvalue weighted by Gasteiger charge is 2.49. The van der Waals surface area contributed by atoms with Crippen molar-refractivity contribution in [1.82, 2.24) is 4.48 Å². The SMILES string of the molecule is CCCCC1(CCCC)CS(=O)(=O)c2ccc([N+](C)(C)C)cc2[C@@H](c2ccccc2)[C@H]1O.[I-]. The molecule has 0 aliphatic carbocycles. The third kappa shape index (κ3) is 6.00. The van der Waals surface area contributed by atoms with Crippen LogP contribution in [0.25, 0.3) is 0 Å². The van der Waals surface area contributed by atoms with Gasteiger partial charge in [0.25, 0.3) is 0 Å². The molecule has 0 saturated carbocycles. The lowest BCUT2D eigenvalue weighted by atomic mass is 9.68. The molecule has 0 fully saturated rings. The van der Waals surface area contributed by atoms with Crippen molar-refractivity contribution in [2.45, 2.75) is 69.3 Å². The van der Waals surface area contributed by atoms with Crippen molar-refractivity contribution in [1.29, 1.82) is 0 Å². The van der Waals surface area contributed by atoms with Gasteiger partial charge in [0.05, 0.1) is 37.9 Å². The number of halogens is 1. The number of aliphatic hydroxyl groups is 1. The summed E-state index contributed by atoms with van der Waals surface area (Å²) in [6.07, 6.45) is 4.48. The molecule has 184 valence electrons. The fourth-order valence-corrected chi connectivity index (χ4v) is 7.38. The molecular weight excluding hydrogens is 545 g/mol. The minimum atomic E-state index is -3.55. The minimum absolute atomic E-state index is 0. The van der Waals surface area contributed by atoms with Crippen molar-refractivity contribution >= 4 is 15.5 Å². The lowest BCUT2D eigenvalue weighted by molar-refractivity contribution is -0.0000139. The fraction of sp³-hybridized carbons (Fsp3) is 0.556. The maximum atomic E-state index is 13.8. The maximum Gasteiger partial charge on any atom is 0.179 e. The molecule has 1 aliphatic heterocycles. The fourth-order valence-electron chi connectivity index (χ4n) is 5.19. The monoisotopic (exact) mass is 585 g/mol. The predicted octanol–water partition coefficient (Wildman–Crippen LogP) is 2.53. The van der Waals surface area contributed by atoms with E-state index >= 15 is 0 Å². The summed E-state index contributed by atoms with van der Waals surface area (Å²) in [4.78, 5) is 0.387. The third-order valence-corrected chi connectivity index (χ3v) is 9.07. The number of unbranched alkanes of at least 4 members (excludes halogenated alkanes) is 2. The summed E-state index contributed by atoms with van der Waals surface area (Å²) >= 11 is 0. The van der Waals surface area contributed by atoms with Crippen LogP contribution in [-0.4, -0.2) is 46.5 Å². The molecule has 0 aromatic heterocycles. The summed E-state index contributed by atoms with van der Waals surface area (Å²) in [6.45, 7) is 4.25. The molecule has 0 amide bonds. The molecule has 0 radical (unpaired) electrons. The van der Waals surface area contributed by atoms with Crippen LogP contribution in [0.1, 0.15) is 69.4 Å². The summed E-state index contributed by atoms with van der Waals surface area (Å²) in [5.41, 5.74) is 2.10. The van der Waals surface area contributed by atoms with Crippen LogP contribution in [0.4, 0.5) is 5.69 Å². The van der Waals surface area contributed by atoms with Crippen LogP contribution in [0.15, 0.2) is 53.4 Å². The molecule has 1 heterocycles. The van der Waals surface area contributed by atoms with E-state index in [1.807, 2.05) is 42.5 Å². The van der Waals surface area contributed by atoms with E-state index in [1.54, 1.807) is 6.07 Å². The van der Waals surface area contributed by atoms with Crippen molar-refractivity contribution in [3.8, 4) is 0 Å². The van der Waals surface area contributed by atoms with Gasteiger partial charge in [0.2, 0.25) is 0 Å². The van der Waals surface area contributed by atoms with E-state index in [-0.39, 0.29) is 35.6 Å². The number of sulfone groups is 1. The molecule has 2 aromatic carbocycles. The molecular formula is C27H40INO3S. The Morgan fingerprint density at radius 3 is 2.06 bits per heavy atom. The van der Waals surface area contributed by atoms with Crippen molar-refractivity contribution in [2.24, 2.45) is 5.41 Å². The maximum absolute atomic E-state index is 13.8. The van der Waals surface area contributed by atoms with Gasteiger partial charge in [0.15, 0.2) is 9.84 Å². The summed E-state index contributed by atoms with van der Waals surface area (Å²) in [6, 6.07) is 15.7. The zero-order valence-corrected chi connectivity index (χ0v) is 23.7. The second-order valence-electron chi connectivity index (χ2n) is 10.4. The largest absolute Gasteiger partial charge is 1.00 e. The molecule has 3 rings (SSSR count). The molecule has 33 heavy (non-hydrogen) atoms. The number of hydrogen-bond acceptors (Lipinski definition) is 3. The molecule has 2 aromatic rings. The second-order valence-corrected chi connectivity index (χ2v) is 12.4.